The first-order valence-corrected chi connectivity index (χ1v) is 7.87. The summed E-state index contributed by atoms with van der Waals surface area (Å²) in [5, 5.41) is 0. The van der Waals surface area contributed by atoms with Gasteiger partial charge in [-0.1, -0.05) is 24.3 Å². The number of hydrogen-bond donors (Lipinski definition) is 1. The fourth-order valence-electron chi connectivity index (χ4n) is 1.95. The summed E-state index contributed by atoms with van der Waals surface area (Å²) in [6, 6.07) is 11.8. The van der Waals surface area contributed by atoms with Crippen molar-refractivity contribution >= 4 is 15.7 Å². The number of para-hydroxylation sites is 1. The number of rotatable bonds is 4. The lowest BCUT2D eigenvalue weighted by molar-refractivity contribution is 0.589. The second-order valence-corrected chi connectivity index (χ2v) is 6.75. The summed E-state index contributed by atoms with van der Waals surface area (Å²) in [5.74, 6) is -0.591. The molecule has 0 bridgehead atoms. The highest BCUT2D eigenvalue weighted by Gasteiger charge is 2.23. The van der Waals surface area contributed by atoms with E-state index in [9.17, 15) is 12.8 Å². The first kappa shape index (κ1) is 15.5. The van der Waals surface area contributed by atoms with E-state index in [1.165, 1.54) is 37.4 Å². The molecular formula is C15H17FN2O2S. The summed E-state index contributed by atoms with van der Waals surface area (Å²) in [5.41, 5.74) is 6.48. The molecule has 0 saturated heterocycles. The number of nitrogens with two attached hydrogens (primary N) is 1. The van der Waals surface area contributed by atoms with Gasteiger partial charge in [0.15, 0.2) is 0 Å². The number of sulfonamides is 1. The Balaban J connectivity index is 2.47. The van der Waals surface area contributed by atoms with Crippen LogP contribution in [0, 0.1) is 5.82 Å². The van der Waals surface area contributed by atoms with E-state index in [0.717, 1.165) is 4.31 Å². The number of hydrogen-bond acceptors (Lipinski definition) is 3. The summed E-state index contributed by atoms with van der Waals surface area (Å²) >= 11 is 0. The molecule has 2 rings (SSSR count). The highest BCUT2D eigenvalue weighted by molar-refractivity contribution is 7.92. The topological polar surface area (TPSA) is 63.4 Å². The molecule has 0 amide bonds. The number of halogens is 1. The summed E-state index contributed by atoms with van der Waals surface area (Å²) in [4.78, 5) is 0.0862. The van der Waals surface area contributed by atoms with E-state index >= 15 is 0 Å². The molecule has 1 unspecified atom stereocenters. The zero-order valence-electron chi connectivity index (χ0n) is 11.8. The Kier molecular flexibility index (Phi) is 4.29. The lowest BCUT2D eigenvalue weighted by Crippen LogP contribution is -2.27. The largest absolute Gasteiger partial charge is 0.324 e. The molecule has 2 N–H and O–H groups in total. The molecule has 0 saturated carbocycles. The van der Waals surface area contributed by atoms with Gasteiger partial charge < -0.3 is 5.73 Å². The fourth-order valence-corrected chi connectivity index (χ4v) is 3.21. The van der Waals surface area contributed by atoms with Crippen LogP contribution < -0.4 is 10.0 Å². The van der Waals surface area contributed by atoms with Gasteiger partial charge in [-0.25, -0.2) is 12.8 Å². The van der Waals surface area contributed by atoms with Crippen LogP contribution in [0.25, 0.3) is 0 Å². The minimum Gasteiger partial charge on any atom is -0.324 e. The van der Waals surface area contributed by atoms with Gasteiger partial charge in [-0.15, -0.1) is 0 Å². The molecule has 0 spiro atoms. The van der Waals surface area contributed by atoms with E-state index in [0.29, 0.717) is 5.56 Å². The van der Waals surface area contributed by atoms with Crippen LogP contribution in [-0.2, 0) is 10.0 Å². The molecule has 1 atom stereocenters. The third-order valence-corrected chi connectivity index (χ3v) is 5.00. The van der Waals surface area contributed by atoms with Crippen LogP contribution in [0.4, 0.5) is 10.1 Å². The van der Waals surface area contributed by atoms with E-state index in [1.807, 2.05) is 0 Å². The van der Waals surface area contributed by atoms with Crippen LogP contribution in [0.5, 0.6) is 0 Å². The molecule has 0 aliphatic carbocycles. The monoisotopic (exact) mass is 308 g/mol. The summed E-state index contributed by atoms with van der Waals surface area (Å²) in [6.07, 6.45) is 0. The van der Waals surface area contributed by atoms with Crippen molar-refractivity contribution in [1.29, 1.82) is 0 Å². The molecular weight excluding hydrogens is 291 g/mol. The minimum absolute atomic E-state index is 0.00343. The molecule has 4 nitrogen and oxygen atoms in total. The standard InChI is InChI=1S/C15H17FN2O2S/c1-11(17)12-6-5-7-13(10-12)21(19,20)18(2)15-9-4-3-8-14(15)16/h3-11H,17H2,1-2H3. The quantitative estimate of drug-likeness (QED) is 0.944. The minimum atomic E-state index is -3.83. The molecule has 112 valence electrons. The molecule has 0 aliphatic heterocycles. The van der Waals surface area contributed by atoms with Crippen LogP contribution in [0.2, 0.25) is 0 Å². The summed E-state index contributed by atoms with van der Waals surface area (Å²) in [6.45, 7) is 1.77. The molecule has 2 aromatic carbocycles. The van der Waals surface area contributed by atoms with Gasteiger partial charge in [-0.05, 0) is 36.8 Å². The average molecular weight is 308 g/mol. The van der Waals surface area contributed by atoms with Gasteiger partial charge in [-0.2, -0.15) is 0 Å². The highest BCUT2D eigenvalue weighted by Crippen LogP contribution is 2.25. The van der Waals surface area contributed by atoms with Crippen LogP contribution in [0.1, 0.15) is 18.5 Å². The predicted octanol–water partition coefficient (Wildman–Crippen LogP) is 2.67. The normalized spacial score (nSPS) is 13.0. The van der Waals surface area contributed by atoms with Crippen molar-refractivity contribution in [2.24, 2.45) is 5.73 Å². The molecule has 0 aromatic heterocycles. The van der Waals surface area contributed by atoms with Crippen LogP contribution in [0.3, 0.4) is 0 Å². The molecule has 2 aromatic rings. The molecule has 0 radical (unpaired) electrons. The van der Waals surface area contributed by atoms with E-state index in [2.05, 4.69) is 0 Å². The van der Waals surface area contributed by atoms with E-state index in [-0.39, 0.29) is 16.6 Å². The number of anilines is 1. The fraction of sp³-hybridized carbons (Fsp3) is 0.200. The Labute approximate surface area is 124 Å². The van der Waals surface area contributed by atoms with Crippen LogP contribution >= 0.6 is 0 Å². The SMILES string of the molecule is CC(N)c1cccc(S(=O)(=O)N(C)c2ccccc2F)c1. The first-order valence-electron chi connectivity index (χ1n) is 6.43. The number of nitrogens with zero attached hydrogens (tertiary/aromatic N) is 1. The molecule has 6 heteroatoms. The van der Waals surface area contributed by atoms with Crippen LogP contribution in [-0.4, -0.2) is 15.5 Å². The second kappa shape index (κ2) is 5.83. The van der Waals surface area contributed by atoms with E-state index < -0.39 is 15.8 Å². The highest BCUT2D eigenvalue weighted by atomic mass is 32.2. The molecule has 0 fully saturated rings. The Morgan fingerprint density at radius 1 is 1.14 bits per heavy atom. The van der Waals surface area contributed by atoms with E-state index in [4.69, 9.17) is 5.73 Å². The van der Waals surface area contributed by atoms with Crippen molar-refractivity contribution < 1.29 is 12.8 Å². The van der Waals surface area contributed by atoms with Gasteiger partial charge in [0.05, 0.1) is 10.6 Å². The van der Waals surface area contributed by atoms with Crippen molar-refractivity contribution in [2.45, 2.75) is 17.9 Å². The Morgan fingerprint density at radius 3 is 2.43 bits per heavy atom. The first-order chi connectivity index (χ1) is 9.84. The van der Waals surface area contributed by atoms with Crippen molar-refractivity contribution in [3.63, 3.8) is 0 Å². The van der Waals surface area contributed by atoms with Gasteiger partial charge >= 0.3 is 0 Å². The predicted molar refractivity (Wildman–Crippen MR) is 81.0 cm³/mol. The van der Waals surface area contributed by atoms with Crippen molar-refractivity contribution in [2.75, 3.05) is 11.4 Å². The Bertz CT molecular complexity index is 745. The maximum atomic E-state index is 13.8. The lowest BCUT2D eigenvalue weighted by Gasteiger charge is -2.20. The van der Waals surface area contributed by atoms with Gasteiger partial charge in [0.25, 0.3) is 10.0 Å². The smallest absolute Gasteiger partial charge is 0.264 e. The summed E-state index contributed by atoms with van der Waals surface area (Å²) < 4.78 is 39.9. The zero-order valence-corrected chi connectivity index (χ0v) is 12.6. The maximum Gasteiger partial charge on any atom is 0.264 e. The third-order valence-electron chi connectivity index (χ3n) is 3.23. The van der Waals surface area contributed by atoms with Gasteiger partial charge in [-0.3, -0.25) is 4.31 Å². The van der Waals surface area contributed by atoms with E-state index in [1.54, 1.807) is 25.1 Å². The average Bonchev–Trinajstić information content (AvgIpc) is 2.47. The molecule has 0 heterocycles. The zero-order chi connectivity index (χ0) is 15.6. The lowest BCUT2D eigenvalue weighted by atomic mass is 10.1. The van der Waals surface area contributed by atoms with Crippen LogP contribution in [0.15, 0.2) is 53.4 Å². The molecule has 0 aliphatic rings. The molecule has 21 heavy (non-hydrogen) atoms. The van der Waals surface area contributed by atoms with Gasteiger partial charge in [0, 0.05) is 13.1 Å². The van der Waals surface area contributed by atoms with Crippen molar-refractivity contribution in [1.82, 2.24) is 0 Å². The Hall–Kier alpha value is -1.92. The van der Waals surface area contributed by atoms with Crippen molar-refractivity contribution in [3.8, 4) is 0 Å². The Morgan fingerprint density at radius 2 is 1.81 bits per heavy atom. The second-order valence-electron chi connectivity index (χ2n) is 4.79. The number of benzene rings is 2. The van der Waals surface area contributed by atoms with Crippen molar-refractivity contribution in [3.05, 3.63) is 59.9 Å². The summed E-state index contributed by atoms with van der Waals surface area (Å²) in [7, 11) is -2.51. The van der Waals surface area contributed by atoms with Gasteiger partial charge in [0.1, 0.15) is 5.82 Å². The van der Waals surface area contributed by atoms with Gasteiger partial charge in [0.2, 0.25) is 0 Å². The third kappa shape index (κ3) is 3.06. The maximum absolute atomic E-state index is 13.8.